The van der Waals surface area contributed by atoms with E-state index < -0.39 is 5.97 Å². The van der Waals surface area contributed by atoms with E-state index in [1.54, 1.807) is 25.1 Å². The van der Waals surface area contributed by atoms with Crippen LogP contribution in [-0.4, -0.2) is 49.1 Å². The van der Waals surface area contributed by atoms with Gasteiger partial charge in [0.25, 0.3) is 0 Å². The number of anilines is 1. The zero-order chi connectivity index (χ0) is 13.7. The van der Waals surface area contributed by atoms with Crippen molar-refractivity contribution in [3.63, 3.8) is 0 Å². The highest BCUT2D eigenvalue weighted by Gasteiger charge is 2.17. The number of carbonyl (C=O) groups is 2. The van der Waals surface area contributed by atoms with Crippen LogP contribution in [0.4, 0.5) is 5.88 Å². The first-order valence-corrected chi connectivity index (χ1v) is 5.74. The smallest absolute Gasteiger partial charge is 0.371 e. The molecule has 6 nitrogen and oxygen atoms in total. The Balaban J connectivity index is 2.83. The van der Waals surface area contributed by atoms with Crippen molar-refractivity contribution >= 4 is 17.8 Å². The molecule has 0 spiro atoms. The van der Waals surface area contributed by atoms with Crippen molar-refractivity contribution < 1.29 is 19.1 Å². The number of carbonyl (C=O) groups excluding carboxylic acids is 1. The van der Waals surface area contributed by atoms with Crippen LogP contribution in [-0.2, 0) is 4.79 Å². The molecule has 0 aliphatic heterocycles. The molecular formula is C12H18N2O4. The highest BCUT2D eigenvalue weighted by atomic mass is 16.4. The van der Waals surface area contributed by atoms with Gasteiger partial charge in [-0.2, -0.15) is 0 Å². The predicted molar refractivity (Wildman–Crippen MR) is 66.9 cm³/mol. The molecule has 0 saturated heterocycles. The van der Waals surface area contributed by atoms with E-state index in [2.05, 4.69) is 0 Å². The third-order valence-electron chi connectivity index (χ3n) is 2.43. The van der Waals surface area contributed by atoms with Crippen molar-refractivity contribution in [2.75, 3.05) is 32.1 Å². The highest BCUT2D eigenvalue weighted by molar-refractivity contribution is 5.85. The first kappa shape index (κ1) is 14.1. The fraction of sp³-hybridized carbons (Fsp3) is 0.500. The lowest BCUT2D eigenvalue weighted by Gasteiger charge is -2.22. The van der Waals surface area contributed by atoms with Crippen LogP contribution in [0.2, 0.25) is 0 Å². The van der Waals surface area contributed by atoms with Gasteiger partial charge in [-0.1, -0.05) is 6.92 Å². The lowest BCUT2D eigenvalue weighted by molar-refractivity contribution is -0.127. The zero-order valence-electron chi connectivity index (χ0n) is 10.8. The SMILES string of the molecule is CCCN(CC(=O)N(C)C)c1ccc(C(=O)O)o1. The summed E-state index contributed by atoms with van der Waals surface area (Å²) < 4.78 is 5.20. The first-order chi connectivity index (χ1) is 8.45. The number of amides is 1. The summed E-state index contributed by atoms with van der Waals surface area (Å²) in [7, 11) is 3.36. The van der Waals surface area contributed by atoms with Crippen LogP contribution >= 0.6 is 0 Å². The van der Waals surface area contributed by atoms with Gasteiger partial charge in [0.15, 0.2) is 5.88 Å². The minimum absolute atomic E-state index is 0.0586. The van der Waals surface area contributed by atoms with Crippen LogP contribution in [0.25, 0.3) is 0 Å². The minimum Gasteiger partial charge on any atom is -0.475 e. The molecule has 0 atom stereocenters. The molecular weight excluding hydrogens is 236 g/mol. The number of likely N-dealkylation sites (N-methyl/N-ethyl adjacent to an activating group) is 1. The van der Waals surface area contributed by atoms with Crippen LogP contribution in [0.3, 0.4) is 0 Å². The molecule has 1 N–H and O–H groups in total. The maximum Gasteiger partial charge on any atom is 0.371 e. The van der Waals surface area contributed by atoms with E-state index in [0.29, 0.717) is 12.4 Å². The molecule has 1 rings (SSSR count). The van der Waals surface area contributed by atoms with Gasteiger partial charge in [0.05, 0.1) is 6.54 Å². The van der Waals surface area contributed by atoms with Crippen LogP contribution in [0, 0.1) is 0 Å². The standard InChI is InChI=1S/C12H18N2O4/c1-4-7-14(8-10(15)13(2)3)11-6-5-9(18-11)12(16)17/h5-6H,4,7-8H2,1-3H3,(H,16,17). The summed E-state index contributed by atoms with van der Waals surface area (Å²) in [5.74, 6) is -0.888. The van der Waals surface area contributed by atoms with Crippen molar-refractivity contribution in [2.45, 2.75) is 13.3 Å². The summed E-state index contributed by atoms with van der Waals surface area (Å²) in [6.45, 7) is 2.79. The average Bonchev–Trinajstić information content (AvgIpc) is 2.77. The molecule has 0 aromatic carbocycles. The van der Waals surface area contributed by atoms with Crippen LogP contribution in [0.15, 0.2) is 16.5 Å². The summed E-state index contributed by atoms with van der Waals surface area (Å²) in [5.41, 5.74) is 0. The second-order valence-electron chi connectivity index (χ2n) is 4.15. The van der Waals surface area contributed by atoms with Gasteiger partial charge < -0.3 is 19.3 Å². The van der Waals surface area contributed by atoms with Gasteiger partial charge in [-0.05, 0) is 12.5 Å². The number of aromatic carboxylic acids is 1. The van der Waals surface area contributed by atoms with E-state index in [0.717, 1.165) is 6.42 Å². The largest absolute Gasteiger partial charge is 0.475 e. The molecule has 6 heteroatoms. The highest BCUT2D eigenvalue weighted by Crippen LogP contribution is 2.19. The third-order valence-corrected chi connectivity index (χ3v) is 2.43. The van der Waals surface area contributed by atoms with Crippen LogP contribution in [0.1, 0.15) is 23.9 Å². The number of hydrogen-bond donors (Lipinski definition) is 1. The molecule has 1 amide bonds. The average molecular weight is 254 g/mol. The van der Waals surface area contributed by atoms with E-state index in [9.17, 15) is 9.59 Å². The monoisotopic (exact) mass is 254 g/mol. The summed E-state index contributed by atoms with van der Waals surface area (Å²) in [6.07, 6.45) is 0.837. The van der Waals surface area contributed by atoms with Crippen molar-refractivity contribution in [2.24, 2.45) is 0 Å². The first-order valence-electron chi connectivity index (χ1n) is 5.74. The maximum absolute atomic E-state index is 11.7. The Morgan fingerprint density at radius 2 is 2.00 bits per heavy atom. The van der Waals surface area contributed by atoms with E-state index in [1.165, 1.54) is 11.0 Å². The van der Waals surface area contributed by atoms with E-state index in [4.69, 9.17) is 9.52 Å². The molecule has 0 saturated carbocycles. The molecule has 18 heavy (non-hydrogen) atoms. The Hall–Kier alpha value is -1.98. The van der Waals surface area contributed by atoms with Crippen molar-refractivity contribution in [3.8, 4) is 0 Å². The van der Waals surface area contributed by atoms with Crippen LogP contribution < -0.4 is 4.90 Å². The second-order valence-corrected chi connectivity index (χ2v) is 4.15. The molecule has 1 heterocycles. The van der Waals surface area contributed by atoms with Gasteiger partial charge in [-0.15, -0.1) is 0 Å². The van der Waals surface area contributed by atoms with Crippen LogP contribution in [0.5, 0.6) is 0 Å². The maximum atomic E-state index is 11.7. The van der Waals surface area contributed by atoms with E-state index in [1.807, 2.05) is 6.92 Å². The Morgan fingerprint density at radius 3 is 2.44 bits per heavy atom. The summed E-state index contributed by atoms with van der Waals surface area (Å²) in [4.78, 5) is 25.6. The minimum atomic E-state index is -1.11. The van der Waals surface area contributed by atoms with Gasteiger partial charge in [-0.25, -0.2) is 4.79 Å². The molecule has 0 radical (unpaired) electrons. The number of furan rings is 1. The molecule has 0 aliphatic carbocycles. The second kappa shape index (κ2) is 6.09. The Labute approximate surface area is 106 Å². The molecule has 0 aliphatic rings. The van der Waals surface area contributed by atoms with Crippen molar-refractivity contribution in [1.29, 1.82) is 0 Å². The molecule has 100 valence electrons. The normalized spacial score (nSPS) is 10.2. The zero-order valence-corrected chi connectivity index (χ0v) is 10.8. The van der Waals surface area contributed by atoms with Gasteiger partial charge >= 0.3 is 5.97 Å². The van der Waals surface area contributed by atoms with E-state index in [-0.39, 0.29) is 18.2 Å². The fourth-order valence-electron chi connectivity index (χ4n) is 1.45. The Morgan fingerprint density at radius 1 is 1.33 bits per heavy atom. The Kier molecular flexibility index (Phi) is 4.76. The number of rotatable bonds is 6. The van der Waals surface area contributed by atoms with Gasteiger partial charge in [-0.3, -0.25) is 4.79 Å². The lowest BCUT2D eigenvalue weighted by Crippen LogP contribution is -2.36. The molecule has 0 fully saturated rings. The number of nitrogens with zero attached hydrogens (tertiary/aromatic N) is 2. The third kappa shape index (κ3) is 3.51. The molecule has 1 aromatic heterocycles. The van der Waals surface area contributed by atoms with Gasteiger partial charge in [0.2, 0.25) is 11.7 Å². The Bertz CT molecular complexity index is 425. The molecule has 1 aromatic rings. The summed E-state index contributed by atoms with van der Waals surface area (Å²) in [5, 5.41) is 8.79. The summed E-state index contributed by atoms with van der Waals surface area (Å²) in [6, 6.07) is 2.96. The van der Waals surface area contributed by atoms with Crippen molar-refractivity contribution in [1.82, 2.24) is 4.90 Å². The van der Waals surface area contributed by atoms with Crippen molar-refractivity contribution in [3.05, 3.63) is 17.9 Å². The fourth-order valence-corrected chi connectivity index (χ4v) is 1.45. The molecule has 0 unspecified atom stereocenters. The van der Waals surface area contributed by atoms with Gasteiger partial charge in [0, 0.05) is 26.7 Å². The topological polar surface area (TPSA) is 74.0 Å². The molecule has 0 bridgehead atoms. The number of carboxylic acids is 1. The van der Waals surface area contributed by atoms with E-state index >= 15 is 0 Å². The predicted octanol–water partition coefficient (Wildman–Crippen LogP) is 1.28. The lowest BCUT2D eigenvalue weighted by atomic mass is 10.3. The number of carboxylic acid groups (broad SMARTS) is 1. The quantitative estimate of drug-likeness (QED) is 0.827. The summed E-state index contributed by atoms with van der Waals surface area (Å²) >= 11 is 0. The number of hydrogen-bond acceptors (Lipinski definition) is 4. The van der Waals surface area contributed by atoms with Gasteiger partial charge in [0.1, 0.15) is 0 Å².